The number of aromatic nitrogens is 3. The molecule has 2 N–H and O–H groups in total. The quantitative estimate of drug-likeness (QED) is 0.334. The van der Waals surface area contributed by atoms with Crippen LogP contribution in [0.2, 0.25) is 5.02 Å². The van der Waals surface area contributed by atoms with Gasteiger partial charge in [0.1, 0.15) is 12.2 Å². The number of guanidine groups is 1. The second-order valence-corrected chi connectivity index (χ2v) is 7.58. The summed E-state index contributed by atoms with van der Waals surface area (Å²) >= 11 is 6.08. The molecule has 1 heterocycles. The predicted molar refractivity (Wildman–Crippen MR) is 126 cm³/mol. The predicted octanol–water partition coefficient (Wildman–Crippen LogP) is 3.79. The highest BCUT2D eigenvalue weighted by molar-refractivity contribution is 14.0. The van der Waals surface area contributed by atoms with Crippen LogP contribution in [0.4, 0.5) is 0 Å². The van der Waals surface area contributed by atoms with Crippen molar-refractivity contribution in [3.63, 3.8) is 0 Å². The molecule has 0 atom stereocenters. The number of nitrogens with one attached hydrogen (secondary N) is 2. The van der Waals surface area contributed by atoms with Crippen molar-refractivity contribution in [2.24, 2.45) is 4.99 Å². The molecule has 1 aliphatic rings. The molecular weight excluding hydrogens is 487 g/mol. The molecule has 1 aliphatic carbocycles. The molecular formula is C20H30ClIN6. The van der Waals surface area contributed by atoms with E-state index < -0.39 is 0 Å². The Kier molecular flexibility index (Phi) is 9.01. The first-order chi connectivity index (χ1) is 13.2. The number of benzene rings is 1. The lowest BCUT2D eigenvalue weighted by Gasteiger charge is -2.31. The van der Waals surface area contributed by atoms with Crippen LogP contribution in [0, 0.1) is 0 Å². The Labute approximate surface area is 189 Å². The maximum Gasteiger partial charge on any atom is 0.191 e. The Morgan fingerprint density at radius 2 is 1.93 bits per heavy atom. The van der Waals surface area contributed by atoms with Crippen molar-refractivity contribution in [1.82, 2.24) is 25.4 Å². The van der Waals surface area contributed by atoms with E-state index in [4.69, 9.17) is 11.6 Å². The van der Waals surface area contributed by atoms with Gasteiger partial charge in [0.25, 0.3) is 0 Å². The summed E-state index contributed by atoms with van der Waals surface area (Å²) in [4.78, 5) is 4.38. The van der Waals surface area contributed by atoms with Gasteiger partial charge in [-0.05, 0) is 30.5 Å². The lowest BCUT2D eigenvalue weighted by Crippen LogP contribution is -2.45. The molecule has 1 aromatic carbocycles. The van der Waals surface area contributed by atoms with Crippen LogP contribution in [-0.4, -0.2) is 40.9 Å². The number of hydrogen-bond acceptors (Lipinski definition) is 3. The Morgan fingerprint density at radius 1 is 1.21 bits per heavy atom. The summed E-state index contributed by atoms with van der Waals surface area (Å²) < 4.78 is 2.08. The summed E-state index contributed by atoms with van der Waals surface area (Å²) in [5, 5.41) is 15.8. The molecule has 0 amide bonds. The summed E-state index contributed by atoms with van der Waals surface area (Å²) in [7, 11) is 1.81. The van der Waals surface area contributed by atoms with Crippen molar-refractivity contribution in [1.29, 1.82) is 0 Å². The Balaban J connectivity index is 0.00000280. The fraction of sp³-hybridized carbons (Fsp3) is 0.550. The van der Waals surface area contributed by atoms with E-state index in [9.17, 15) is 0 Å². The van der Waals surface area contributed by atoms with Crippen LogP contribution in [0.1, 0.15) is 44.0 Å². The van der Waals surface area contributed by atoms with Gasteiger partial charge in [0.05, 0.1) is 0 Å². The van der Waals surface area contributed by atoms with Crippen molar-refractivity contribution < 1.29 is 0 Å². The molecule has 0 aliphatic heterocycles. The van der Waals surface area contributed by atoms with Gasteiger partial charge in [0.15, 0.2) is 5.96 Å². The third-order valence-corrected chi connectivity index (χ3v) is 5.74. The second kappa shape index (κ2) is 11.0. The molecule has 154 valence electrons. The van der Waals surface area contributed by atoms with Crippen molar-refractivity contribution >= 4 is 41.5 Å². The number of hydrogen-bond donors (Lipinski definition) is 2. The minimum Gasteiger partial charge on any atom is -0.356 e. The smallest absolute Gasteiger partial charge is 0.191 e. The van der Waals surface area contributed by atoms with Crippen LogP contribution in [0.3, 0.4) is 0 Å². The molecule has 0 radical (unpaired) electrons. The highest BCUT2D eigenvalue weighted by atomic mass is 127. The molecule has 1 fully saturated rings. The van der Waals surface area contributed by atoms with Crippen LogP contribution in [0.5, 0.6) is 0 Å². The number of aliphatic imine (C=N–C) groups is 1. The zero-order chi connectivity index (χ0) is 19.1. The summed E-state index contributed by atoms with van der Waals surface area (Å²) in [6, 6.07) is 8.33. The van der Waals surface area contributed by atoms with Gasteiger partial charge in [-0.15, -0.1) is 34.2 Å². The normalized spacial score (nSPS) is 15.9. The van der Waals surface area contributed by atoms with Gasteiger partial charge in [-0.3, -0.25) is 4.99 Å². The first kappa shape index (κ1) is 22.9. The molecule has 2 aromatic rings. The first-order valence-corrected chi connectivity index (χ1v) is 10.1. The van der Waals surface area contributed by atoms with Crippen molar-refractivity contribution in [2.75, 3.05) is 20.1 Å². The number of aryl methyl sites for hydroxylation is 1. The average molecular weight is 517 g/mol. The zero-order valence-electron chi connectivity index (χ0n) is 16.6. The summed E-state index contributed by atoms with van der Waals surface area (Å²) in [6.45, 7) is 4.56. The Bertz CT molecular complexity index is 752. The third-order valence-electron chi connectivity index (χ3n) is 5.49. The molecule has 1 aromatic heterocycles. The molecule has 8 heteroatoms. The van der Waals surface area contributed by atoms with Gasteiger partial charge in [-0.2, -0.15) is 0 Å². The number of rotatable bonds is 7. The summed E-state index contributed by atoms with van der Waals surface area (Å²) in [6.07, 6.45) is 7.59. The lowest BCUT2D eigenvalue weighted by molar-refractivity contribution is 0.431. The van der Waals surface area contributed by atoms with Gasteiger partial charge in [0.2, 0.25) is 0 Å². The molecule has 0 spiro atoms. The molecule has 6 nitrogen and oxygen atoms in total. The molecule has 28 heavy (non-hydrogen) atoms. The molecule has 0 unspecified atom stereocenters. The number of halogens is 2. The highest BCUT2D eigenvalue weighted by Crippen LogP contribution is 2.40. The van der Waals surface area contributed by atoms with Crippen molar-refractivity contribution in [2.45, 2.75) is 51.0 Å². The fourth-order valence-corrected chi connectivity index (χ4v) is 4.06. The standard InChI is InChI=1S/C20H29ClN6.HI/c1-3-18-26-25-15-27(18)13-12-23-19(22-2)24-14-20(10-4-5-11-20)16-6-8-17(21)9-7-16;/h6-9,15H,3-5,10-14H2,1-2H3,(H2,22,23,24);1H. The van der Waals surface area contributed by atoms with Gasteiger partial charge in [-0.25, -0.2) is 0 Å². The minimum absolute atomic E-state index is 0. The topological polar surface area (TPSA) is 67.1 Å². The monoisotopic (exact) mass is 516 g/mol. The van der Waals surface area contributed by atoms with Crippen LogP contribution in [0.25, 0.3) is 0 Å². The van der Waals surface area contributed by atoms with Crippen molar-refractivity contribution in [3.05, 3.63) is 47.0 Å². The van der Waals surface area contributed by atoms with E-state index in [-0.39, 0.29) is 29.4 Å². The minimum atomic E-state index is 0. The fourth-order valence-electron chi connectivity index (χ4n) is 3.93. The lowest BCUT2D eigenvalue weighted by atomic mass is 9.79. The zero-order valence-corrected chi connectivity index (χ0v) is 19.7. The molecule has 0 bridgehead atoms. The van der Waals surface area contributed by atoms with E-state index in [0.29, 0.717) is 0 Å². The highest BCUT2D eigenvalue weighted by Gasteiger charge is 2.35. The maximum atomic E-state index is 6.08. The molecule has 1 saturated carbocycles. The Morgan fingerprint density at radius 3 is 2.57 bits per heavy atom. The van der Waals surface area contributed by atoms with E-state index in [1.165, 1.54) is 31.2 Å². The second-order valence-electron chi connectivity index (χ2n) is 7.14. The molecule has 0 saturated heterocycles. The van der Waals surface area contributed by atoms with E-state index in [2.05, 4.69) is 49.4 Å². The van der Waals surface area contributed by atoms with Gasteiger partial charge in [0, 0.05) is 43.5 Å². The van der Waals surface area contributed by atoms with Gasteiger partial charge >= 0.3 is 0 Å². The van der Waals surface area contributed by atoms with Gasteiger partial charge in [-0.1, -0.05) is 43.5 Å². The largest absolute Gasteiger partial charge is 0.356 e. The Hall–Kier alpha value is -1.35. The SMILES string of the molecule is CCc1nncn1CCNC(=NC)NCC1(c2ccc(Cl)cc2)CCCC1.I. The maximum absolute atomic E-state index is 6.08. The van der Waals surface area contributed by atoms with Crippen LogP contribution >= 0.6 is 35.6 Å². The van der Waals surface area contributed by atoms with E-state index in [1.807, 2.05) is 19.2 Å². The van der Waals surface area contributed by atoms with Gasteiger partial charge < -0.3 is 15.2 Å². The summed E-state index contributed by atoms with van der Waals surface area (Å²) in [5.41, 5.74) is 1.52. The van der Waals surface area contributed by atoms with E-state index in [0.717, 1.165) is 42.9 Å². The van der Waals surface area contributed by atoms with E-state index >= 15 is 0 Å². The first-order valence-electron chi connectivity index (χ1n) is 9.74. The molecule has 3 rings (SSSR count). The third kappa shape index (κ3) is 5.59. The van der Waals surface area contributed by atoms with Crippen LogP contribution in [0.15, 0.2) is 35.6 Å². The summed E-state index contributed by atoms with van der Waals surface area (Å²) in [5.74, 6) is 1.84. The van der Waals surface area contributed by atoms with E-state index in [1.54, 1.807) is 6.33 Å². The van der Waals surface area contributed by atoms with Crippen LogP contribution in [-0.2, 0) is 18.4 Å². The average Bonchev–Trinajstić information content (AvgIpc) is 3.35. The number of nitrogens with zero attached hydrogens (tertiary/aromatic N) is 4. The van der Waals surface area contributed by atoms with Crippen LogP contribution < -0.4 is 10.6 Å². The van der Waals surface area contributed by atoms with Crippen molar-refractivity contribution in [3.8, 4) is 0 Å².